The number of hydrogen-bond acceptors (Lipinski definition) is 2. The average Bonchev–Trinajstić information content (AvgIpc) is 2.65. The van der Waals surface area contributed by atoms with Gasteiger partial charge in [-0.05, 0) is 38.3 Å². The Balaban J connectivity index is 2.00. The fourth-order valence-electron chi connectivity index (χ4n) is 1.93. The smallest absolute Gasteiger partial charge is 0.253 e. The van der Waals surface area contributed by atoms with Crippen molar-refractivity contribution in [3.63, 3.8) is 0 Å². The number of alkyl halides is 1. The molecule has 0 bridgehead atoms. The Labute approximate surface area is 100 Å². The van der Waals surface area contributed by atoms with Crippen molar-refractivity contribution in [1.29, 1.82) is 0 Å². The topological polar surface area (TPSA) is 42.0 Å². The molecule has 1 aliphatic carbocycles. The first-order valence-corrected chi connectivity index (χ1v) is 5.98. The van der Waals surface area contributed by atoms with Gasteiger partial charge >= 0.3 is 0 Å². The first-order valence-electron chi connectivity index (χ1n) is 5.54. The van der Waals surface area contributed by atoms with Crippen molar-refractivity contribution in [3.8, 4) is 0 Å². The van der Waals surface area contributed by atoms with Gasteiger partial charge < -0.3 is 5.32 Å². The number of aromatic nitrogens is 1. The highest BCUT2D eigenvalue weighted by atomic mass is 35.5. The van der Waals surface area contributed by atoms with Crippen LogP contribution in [0.4, 0.5) is 0 Å². The van der Waals surface area contributed by atoms with Crippen molar-refractivity contribution >= 4 is 17.5 Å². The molecule has 0 aliphatic heterocycles. The zero-order valence-corrected chi connectivity index (χ0v) is 10.00. The Morgan fingerprint density at radius 2 is 2.31 bits per heavy atom. The van der Waals surface area contributed by atoms with Crippen molar-refractivity contribution < 1.29 is 4.79 Å². The Hall–Kier alpha value is -1.09. The van der Waals surface area contributed by atoms with E-state index in [2.05, 4.69) is 10.3 Å². The summed E-state index contributed by atoms with van der Waals surface area (Å²) in [5.74, 6) is -0.0787. The number of halogens is 1. The molecular formula is C12H15ClN2O. The summed E-state index contributed by atoms with van der Waals surface area (Å²) in [6.45, 7) is 1.90. The normalized spacial score (nSPS) is 24.4. The predicted octanol–water partition coefficient (Wildman–Crippen LogP) is 2.28. The third-order valence-electron chi connectivity index (χ3n) is 2.92. The van der Waals surface area contributed by atoms with E-state index >= 15 is 0 Å². The minimum atomic E-state index is -0.0787. The minimum Gasteiger partial charge on any atom is -0.348 e. The second-order valence-corrected chi connectivity index (χ2v) is 4.78. The van der Waals surface area contributed by atoms with E-state index in [1.807, 2.05) is 13.0 Å². The molecule has 1 N–H and O–H groups in total. The van der Waals surface area contributed by atoms with Gasteiger partial charge in [-0.2, -0.15) is 0 Å². The van der Waals surface area contributed by atoms with Gasteiger partial charge in [0, 0.05) is 17.9 Å². The second kappa shape index (κ2) is 4.83. The number of carbonyl (C=O) groups excluding carboxylic acids is 1. The third-order valence-corrected chi connectivity index (χ3v) is 3.44. The maximum Gasteiger partial charge on any atom is 0.253 e. The Morgan fingerprint density at radius 1 is 1.50 bits per heavy atom. The van der Waals surface area contributed by atoms with Crippen LogP contribution in [0.2, 0.25) is 0 Å². The molecule has 4 heteroatoms. The fraction of sp³-hybridized carbons (Fsp3) is 0.500. The molecule has 16 heavy (non-hydrogen) atoms. The van der Waals surface area contributed by atoms with Gasteiger partial charge in [0.2, 0.25) is 0 Å². The number of amides is 1. The molecule has 0 saturated heterocycles. The highest BCUT2D eigenvalue weighted by Gasteiger charge is 2.26. The van der Waals surface area contributed by atoms with Gasteiger partial charge in [0.25, 0.3) is 5.91 Å². The summed E-state index contributed by atoms with van der Waals surface area (Å²) in [5, 5.41) is 3.03. The zero-order valence-electron chi connectivity index (χ0n) is 9.24. The molecule has 1 amide bonds. The second-order valence-electron chi connectivity index (χ2n) is 4.22. The lowest BCUT2D eigenvalue weighted by Crippen LogP contribution is -2.37. The number of pyridine rings is 1. The fourth-order valence-corrected chi connectivity index (χ4v) is 2.27. The number of rotatable bonds is 2. The summed E-state index contributed by atoms with van der Waals surface area (Å²) < 4.78 is 0. The number of nitrogens with zero attached hydrogens (tertiary/aromatic N) is 1. The van der Waals surface area contributed by atoms with E-state index in [0.717, 1.165) is 25.0 Å². The van der Waals surface area contributed by atoms with Crippen LogP contribution in [0.1, 0.15) is 35.3 Å². The summed E-state index contributed by atoms with van der Waals surface area (Å²) in [7, 11) is 0. The molecule has 1 aromatic rings. The van der Waals surface area contributed by atoms with Crippen molar-refractivity contribution in [2.75, 3.05) is 0 Å². The summed E-state index contributed by atoms with van der Waals surface area (Å²) in [5.41, 5.74) is 1.51. The Kier molecular flexibility index (Phi) is 3.44. The van der Waals surface area contributed by atoms with Gasteiger partial charge in [-0.25, -0.2) is 0 Å². The van der Waals surface area contributed by atoms with Gasteiger partial charge in [0.05, 0.1) is 10.9 Å². The van der Waals surface area contributed by atoms with E-state index in [0.29, 0.717) is 5.56 Å². The van der Waals surface area contributed by atoms with Gasteiger partial charge in [-0.15, -0.1) is 11.6 Å². The lowest BCUT2D eigenvalue weighted by molar-refractivity contribution is 0.0938. The molecular weight excluding hydrogens is 224 g/mol. The Morgan fingerprint density at radius 3 is 2.88 bits per heavy atom. The van der Waals surface area contributed by atoms with E-state index in [-0.39, 0.29) is 17.3 Å². The first-order chi connectivity index (χ1) is 7.66. The highest BCUT2D eigenvalue weighted by molar-refractivity contribution is 6.21. The van der Waals surface area contributed by atoms with E-state index in [1.54, 1.807) is 12.3 Å². The number of aryl methyl sites for hydroxylation is 1. The van der Waals surface area contributed by atoms with Gasteiger partial charge in [0.15, 0.2) is 0 Å². The Bertz CT molecular complexity index is 377. The number of carbonyl (C=O) groups is 1. The number of hydrogen-bond donors (Lipinski definition) is 1. The van der Waals surface area contributed by atoms with Crippen LogP contribution in [0.3, 0.4) is 0 Å². The lowest BCUT2D eigenvalue weighted by atomic mass is 10.2. The molecule has 86 valence electrons. The van der Waals surface area contributed by atoms with Crippen LogP contribution in [0.15, 0.2) is 18.3 Å². The summed E-state index contributed by atoms with van der Waals surface area (Å²) >= 11 is 6.10. The van der Waals surface area contributed by atoms with Crippen LogP contribution in [0, 0.1) is 6.92 Å². The van der Waals surface area contributed by atoms with Crippen molar-refractivity contribution in [1.82, 2.24) is 10.3 Å². The van der Waals surface area contributed by atoms with E-state index in [9.17, 15) is 4.79 Å². The van der Waals surface area contributed by atoms with Crippen LogP contribution >= 0.6 is 11.6 Å². The van der Waals surface area contributed by atoms with Crippen LogP contribution in [0.25, 0.3) is 0 Å². The first kappa shape index (κ1) is 11.4. The average molecular weight is 239 g/mol. The molecule has 1 aliphatic rings. The highest BCUT2D eigenvalue weighted by Crippen LogP contribution is 2.24. The van der Waals surface area contributed by atoms with Gasteiger partial charge in [-0.3, -0.25) is 9.78 Å². The van der Waals surface area contributed by atoms with Crippen LogP contribution in [-0.2, 0) is 0 Å². The van der Waals surface area contributed by atoms with Gasteiger partial charge in [-0.1, -0.05) is 0 Å². The lowest BCUT2D eigenvalue weighted by Gasteiger charge is -2.15. The summed E-state index contributed by atoms with van der Waals surface area (Å²) in [4.78, 5) is 15.9. The molecule has 2 rings (SSSR count). The summed E-state index contributed by atoms with van der Waals surface area (Å²) in [6.07, 6.45) is 4.64. The molecule has 0 radical (unpaired) electrons. The number of nitrogens with one attached hydrogen (secondary N) is 1. The van der Waals surface area contributed by atoms with Crippen molar-refractivity contribution in [2.45, 2.75) is 37.6 Å². The molecule has 1 heterocycles. The quantitative estimate of drug-likeness (QED) is 0.804. The van der Waals surface area contributed by atoms with Crippen LogP contribution < -0.4 is 5.32 Å². The monoisotopic (exact) mass is 238 g/mol. The molecule has 0 spiro atoms. The third kappa shape index (κ3) is 2.53. The molecule has 1 saturated carbocycles. The van der Waals surface area contributed by atoms with E-state index in [1.165, 1.54) is 0 Å². The maximum absolute atomic E-state index is 11.8. The largest absolute Gasteiger partial charge is 0.348 e. The molecule has 0 aromatic carbocycles. The molecule has 2 atom stereocenters. The zero-order chi connectivity index (χ0) is 11.5. The van der Waals surface area contributed by atoms with Crippen LogP contribution in [0.5, 0.6) is 0 Å². The van der Waals surface area contributed by atoms with E-state index < -0.39 is 0 Å². The van der Waals surface area contributed by atoms with E-state index in [4.69, 9.17) is 11.6 Å². The molecule has 1 aromatic heterocycles. The van der Waals surface area contributed by atoms with Gasteiger partial charge in [0.1, 0.15) is 0 Å². The molecule has 1 fully saturated rings. The molecule has 2 unspecified atom stereocenters. The molecule has 3 nitrogen and oxygen atoms in total. The maximum atomic E-state index is 11.8. The van der Waals surface area contributed by atoms with Crippen LogP contribution in [-0.4, -0.2) is 22.3 Å². The minimum absolute atomic E-state index is 0.0716. The van der Waals surface area contributed by atoms with Crippen molar-refractivity contribution in [2.24, 2.45) is 0 Å². The standard InChI is InChI=1S/C12H15ClN2O/c1-8-5-6-9(7-14-8)12(16)15-11-4-2-3-10(11)13/h5-7,10-11H,2-4H2,1H3,(H,15,16). The van der Waals surface area contributed by atoms with Crippen molar-refractivity contribution in [3.05, 3.63) is 29.6 Å². The summed E-state index contributed by atoms with van der Waals surface area (Å²) in [6, 6.07) is 3.73. The predicted molar refractivity (Wildman–Crippen MR) is 63.7 cm³/mol. The SMILES string of the molecule is Cc1ccc(C(=O)NC2CCCC2Cl)cn1.